The van der Waals surface area contributed by atoms with Crippen molar-refractivity contribution < 1.29 is 4.74 Å². The van der Waals surface area contributed by atoms with E-state index in [0.29, 0.717) is 18.1 Å². The smallest absolute Gasteiger partial charge is 0.172 e. The number of ether oxygens (including phenoxy) is 1. The van der Waals surface area contributed by atoms with E-state index in [1.54, 1.807) is 0 Å². The van der Waals surface area contributed by atoms with Gasteiger partial charge in [-0.05, 0) is 19.1 Å². The monoisotopic (exact) mass is 204 g/mol. The highest BCUT2D eigenvalue weighted by Gasteiger charge is 2.03. The number of H-pyrrole nitrogens is 1. The molecule has 0 aliphatic rings. The molecule has 0 radical (unpaired) electrons. The van der Waals surface area contributed by atoms with Crippen LogP contribution in [0.2, 0.25) is 0 Å². The summed E-state index contributed by atoms with van der Waals surface area (Å²) < 4.78 is 5.48. The highest BCUT2D eigenvalue weighted by atomic mass is 16.5. The van der Waals surface area contributed by atoms with Crippen LogP contribution < -0.4 is 10.5 Å². The molecule has 3 N–H and O–H groups in total. The molecule has 1 aromatic heterocycles. The van der Waals surface area contributed by atoms with Crippen LogP contribution in [0.4, 0.5) is 5.82 Å². The lowest BCUT2D eigenvalue weighted by Gasteiger charge is -2.04. The molecule has 0 amide bonds. The molecule has 0 bridgehead atoms. The summed E-state index contributed by atoms with van der Waals surface area (Å²) in [4.78, 5) is 0. The summed E-state index contributed by atoms with van der Waals surface area (Å²) in [5.74, 6) is 1.17. The predicted molar refractivity (Wildman–Crippen MR) is 56.3 cm³/mol. The zero-order valence-electron chi connectivity index (χ0n) is 8.40. The Morgan fingerprint density at radius 3 is 2.60 bits per heavy atom. The Labute approximate surface area is 87.3 Å². The Hall–Kier alpha value is -2.04. The van der Waals surface area contributed by atoms with Crippen molar-refractivity contribution in [1.29, 1.82) is 0 Å². The summed E-state index contributed by atoms with van der Waals surface area (Å²) in [7, 11) is 0. The Balaban J connectivity index is 1.99. The van der Waals surface area contributed by atoms with Gasteiger partial charge in [0.25, 0.3) is 0 Å². The average molecular weight is 204 g/mol. The maximum absolute atomic E-state index is 5.54. The first kappa shape index (κ1) is 9.51. The Kier molecular flexibility index (Phi) is 2.53. The highest BCUT2D eigenvalue weighted by molar-refractivity contribution is 5.32. The maximum Gasteiger partial charge on any atom is 0.172 e. The molecule has 1 aromatic carbocycles. The number of aromatic nitrogens is 3. The van der Waals surface area contributed by atoms with Crippen molar-refractivity contribution in [2.45, 2.75) is 13.5 Å². The molecule has 0 unspecified atom stereocenters. The zero-order chi connectivity index (χ0) is 10.7. The van der Waals surface area contributed by atoms with Crippen LogP contribution in [0.3, 0.4) is 0 Å². The molecule has 0 saturated heterocycles. The summed E-state index contributed by atoms with van der Waals surface area (Å²) in [5, 5.41) is 10.0. The molecule has 5 heteroatoms. The second kappa shape index (κ2) is 4.00. The van der Waals surface area contributed by atoms with Gasteiger partial charge in [-0.2, -0.15) is 10.3 Å². The molecule has 1 heterocycles. The first-order valence-corrected chi connectivity index (χ1v) is 4.60. The minimum atomic E-state index is 0.325. The van der Waals surface area contributed by atoms with Crippen LogP contribution in [0.1, 0.15) is 11.3 Å². The fourth-order valence-electron chi connectivity index (χ4n) is 1.15. The highest BCUT2D eigenvalue weighted by Crippen LogP contribution is 2.14. The second-order valence-corrected chi connectivity index (χ2v) is 3.26. The van der Waals surface area contributed by atoms with Gasteiger partial charge in [-0.15, -0.1) is 5.10 Å². The van der Waals surface area contributed by atoms with Crippen molar-refractivity contribution >= 4 is 5.82 Å². The van der Waals surface area contributed by atoms with E-state index in [2.05, 4.69) is 15.4 Å². The SMILES string of the molecule is Cc1ccc(OCc2n[nH]nc2N)cc1. The number of nitrogens with one attached hydrogen (secondary N) is 1. The van der Waals surface area contributed by atoms with Gasteiger partial charge in [-0.25, -0.2) is 0 Å². The number of aromatic amines is 1. The third-order valence-electron chi connectivity index (χ3n) is 2.05. The molecule has 2 rings (SSSR count). The molecule has 0 atom stereocenters. The molecular weight excluding hydrogens is 192 g/mol. The molecule has 0 fully saturated rings. The molecule has 0 spiro atoms. The van der Waals surface area contributed by atoms with Crippen molar-refractivity contribution in [3.8, 4) is 5.75 Å². The molecule has 0 aliphatic carbocycles. The number of hydrogen-bond donors (Lipinski definition) is 2. The van der Waals surface area contributed by atoms with Crippen LogP contribution in [-0.4, -0.2) is 15.4 Å². The van der Waals surface area contributed by atoms with Gasteiger partial charge in [-0.3, -0.25) is 0 Å². The molecule has 2 aromatic rings. The van der Waals surface area contributed by atoms with E-state index >= 15 is 0 Å². The van der Waals surface area contributed by atoms with Gasteiger partial charge in [0, 0.05) is 0 Å². The van der Waals surface area contributed by atoms with E-state index in [0.717, 1.165) is 5.75 Å². The predicted octanol–water partition coefficient (Wildman–Crippen LogP) is 1.27. The van der Waals surface area contributed by atoms with Gasteiger partial charge in [-0.1, -0.05) is 17.7 Å². The minimum Gasteiger partial charge on any atom is -0.487 e. The molecule has 15 heavy (non-hydrogen) atoms. The van der Waals surface area contributed by atoms with Crippen LogP contribution in [0.5, 0.6) is 5.75 Å². The van der Waals surface area contributed by atoms with E-state index in [4.69, 9.17) is 10.5 Å². The largest absolute Gasteiger partial charge is 0.487 e. The summed E-state index contributed by atoms with van der Waals surface area (Å²) in [6.07, 6.45) is 0. The number of aryl methyl sites for hydroxylation is 1. The minimum absolute atomic E-state index is 0.325. The first-order chi connectivity index (χ1) is 7.25. The van der Waals surface area contributed by atoms with Crippen LogP contribution in [-0.2, 0) is 6.61 Å². The summed E-state index contributed by atoms with van der Waals surface area (Å²) in [5.41, 5.74) is 7.36. The third kappa shape index (κ3) is 2.25. The van der Waals surface area contributed by atoms with Crippen LogP contribution in [0.15, 0.2) is 24.3 Å². The number of benzene rings is 1. The maximum atomic E-state index is 5.54. The van der Waals surface area contributed by atoms with Crippen molar-refractivity contribution in [2.24, 2.45) is 0 Å². The molecule has 0 aliphatic heterocycles. The van der Waals surface area contributed by atoms with Crippen LogP contribution in [0.25, 0.3) is 0 Å². The van der Waals surface area contributed by atoms with E-state index in [1.807, 2.05) is 31.2 Å². The number of rotatable bonds is 3. The lowest BCUT2D eigenvalue weighted by atomic mass is 10.2. The van der Waals surface area contributed by atoms with Crippen molar-refractivity contribution in [3.63, 3.8) is 0 Å². The van der Waals surface area contributed by atoms with Crippen LogP contribution in [0, 0.1) is 6.92 Å². The van der Waals surface area contributed by atoms with Crippen molar-refractivity contribution in [1.82, 2.24) is 15.4 Å². The van der Waals surface area contributed by atoms with E-state index in [1.165, 1.54) is 5.56 Å². The fraction of sp³-hybridized carbons (Fsp3) is 0.200. The lowest BCUT2D eigenvalue weighted by molar-refractivity contribution is 0.302. The second-order valence-electron chi connectivity index (χ2n) is 3.26. The molecular formula is C10H12N4O. The fourth-order valence-corrected chi connectivity index (χ4v) is 1.15. The number of hydrogen-bond acceptors (Lipinski definition) is 4. The Morgan fingerprint density at radius 1 is 1.27 bits per heavy atom. The van der Waals surface area contributed by atoms with Crippen LogP contribution >= 0.6 is 0 Å². The quantitative estimate of drug-likeness (QED) is 0.789. The third-order valence-corrected chi connectivity index (χ3v) is 2.05. The van der Waals surface area contributed by atoms with Crippen molar-refractivity contribution in [3.05, 3.63) is 35.5 Å². The van der Waals surface area contributed by atoms with Crippen molar-refractivity contribution in [2.75, 3.05) is 5.73 Å². The molecule has 78 valence electrons. The Morgan fingerprint density at radius 2 is 2.00 bits per heavy atom. The van der Waals surface area contributed by atoms with Gasteiger partial charge < -0.3 is 10.5 Å². The number of nitrogens with two attached hydrogens (primary N) is 1. The summed E-state index contributed by atoms with van der Waals surface area (Å²) >= 11 is 0. The normalized spacial score (nSPS) is 10.2. The molecule has 5 nitrogen and oxygen atoms in total. The number of anilines is 1. The number of nitrogens with zero attached hydrogens (tertiary/aromatic N) is 2. The van der Waals surface area contributed by atoms with Gasteiger partial charge in [0.2, 0.25) is 0 Å². The van der Waals surface area contributed by atoms with Gasteiger partial charge >= 0.3 is 0 Å². The Bertz CT molecular complexity index is 435. The van der Waals surface area contributed by atoms with E-state index in [9.17, 15) is 0 Å². The van der Waals surface area contributed by atoms with E-state index in [-0.39, 0.29) is 0 Å². The van der Waals surface area contributed by atoms with Gasteiger partial charge in [0.05, 0.1) is 0 Å². The standard InChI is InChI=1S/C10H12N4O/c1-7-2-4-8(5-3-7)15-6-9-10(11)13-14-12-9/h2-5H,6H2,1H3,(H3,11,12,13,14). The average Bonchev–Trinajstić information content (AvgIpc) is 2.63. The summed E-state index contributed by atoms with van der Waals surface area (Å²) in [6.45, 7) is 2.35. The topological polar surface area (TPSA) is 76.8 Å². The summed E-state index contributed by atoms with van der Waals surface area (Å²) in [6, 6.07) is 7.79. The number of nitrogen functional groups attached to an aromatic ring is 1. The zero-order valence-corrected chi connectivity index (χ0v) is 8.40. The lowest BCUT2D eigenvalue weighted by Crippen LogP contribution is -1.99. The van der Waals surface area contributed by atoms with E-state index < -0.39 is 0 Å². The molecule has 0 saturated carbocycles. The van der Waals surface area contributed by atoms with Gasteiger partial charge in [0.1, 0.15) is 18.1 Å². The van der Waals surface area contributed by atoms with Gasteiger partial charge in [0.15, 0.2) is 5.82 Å². The first-order valence-electron chi connectivity index (χ1n) is 4.60.